The van der Waals surface area contributed by atoms with Crippen molar-refractivity contribution in [2.75, 3.05) is 0 Å². The summed E-state index contributed by atoms with van der Waals surface area (Å²) >= 11 is 0. The second kappa shape index (κ2) is 10.9. The molecule has 0 spiro atoms. The van der Waals surface area contributed by atoms with Crippen LogP contribution in [-0.4, -0.2) is 43.2 Å². The van der Waals surface area contributed by atoms with Crippen LogP contribution in [0, 0.1) is 5.92 Å². The number of carbonyl (C=O) groups is 1. The smallest absolute Gasteiger partial charge is 0.481 e. The first-order valence-electron chi connectivity index (χ1n) is 13.8. The number of fused-ring (bicyclic) bond motifs is 2. The summed E-state index contributed by atoms with van der Waals surface area (Å²) in [6.07, 6.45) is -4.80. The maximum absolute atomic E-state index is 14.1. The Bertz CT molecular complexity index is 1520. The minimum Gasteiger partial charge on any atom is -0.481 e. The Morgan fingerprint density at radius 3 is 2.58 bits per heavy atom. The van der Waals surface area contributed by atoms with Crippen LogP contribution in [0.2, 0.25) is 0 Å². The molecule has 4 heterocycles. The van der Waals surface area contributed by atoms with Gasteiger partial charge in [-0.2, -0.15) is 18.3 Å². The fourth-order valence-electron chi connectivity index (χ4n) is 5.81. The lowest BCUT2D eigenvalue weighted by Crippen LogP contribution is -2.29. The van der Waals surface area contributed by atoms with Crippen LogP contribution in [0.4, 0.5) is 22.0 Å². The van der Waals surface area contributed by atoms with Crippen molar-refractivity contribution in [1.29, 1.82) is 0 Å². The number of ether oxygens (including phenoxy) is 4. The molecule has 1 saturated carbocycles. The monoisotopic (exact) mass is 610 g/mol. The third kappa shape index (κ3) is 5.94. The highest BCUT2D eigenvalue weighted by atomic mass is 19.4. The van der Waals surface area contributed by atoms with Gasteiger partial charge in [-0.15, -0.1) is 8.78 Å². The lowest BCUT2D eigenvalue weighted by Gasteiger charge is -2.32. The van der Waals surface area contributed by atoms with Crippen molar-refractivity contribution in [2.45, 2.75) is 82.7 Å². The predicted octanol–water partition coefficient (Wildman–Crippen LogP) is 6.18. The van der Waals surface area contributed by atoms with Crippen LogP contribution in [0.1, 0.15) is 80.3 Å². The lowest BCUT2D eigenvalue weighted by molar-refractivity contribution is -0.286. The van der Waals surface area contributed by atoms with Gasteiger partial charge in [0.1, 0.15) is 12.2 Å². The molecule has 0 saturated heterocycles. The predicted molar refractivity (Wildman–Crippen MR) is 136 cm³/mol. The molecule has 0 amide bonds. The molecular formula is C28H27F5N4O6. The van der Waals surface area contributed by atoms with Crippen molar-refractivity contribution >= 4 is 5.97 Å². The first-order chi connectivity index (χ1) is 20.4. The average molecular weight is 611 g/mol. The normalized spacial score (nSPS) is 23.4. The van der Waals surface area contributed by atoms with Gasteiger partial charge in [-0.05, 0) is 57.9 Å². The number of hydrogen-bond acceptors (Lipinski definition) is 8. The molecule has 0 radical (unpaired) electrons. The summed E-state index contributed by atoms with van der Waals surface area (Å²) in [5.74, 6) is -1.70. The van der Waals surface area contributed by atoms with Crippen molar-refractivity contribution in [3.05, 3.63) is 53.2 Å². The molecule has 3 aromatic heterocycles. The summed E-state index contributed by atoms with van der Waals surface area (Å²) in [4.78, 5) is 19.6. The quantitative estimate of drug-likeness (QED) is 0.313. The fraction of sp³-hybridized carbons (Fsp3) is 0.500. The van der Waals surface area contributed by atoms with Crippen molar-refractivity contribution in [3.8, 4) is 23.1 Å². The number of aliphatic carboxylic acids is 1. The average Bonchev–Trinajstić information content (AvgIpc) is 3.50. The van der Waals surface area contributed by atoms with Gasteiger partial charge < -0.3 is 24.1 Å². The molecule has 1 unspecified atom stereocenters. The Labute approximate surface area is 241 Å². The van der Waals surface area contributed by atoms with Gasteiger partial charge in [0.2, 0.25) is 5.88 Å². The molecule has 2 atom stereocenters. The van der Waals surface area contributed by atoms with E-state index in [2.05, 4.69) is 24.5 Å². The third-order valence-electron chi connectivity index (χ3n) is 7.86. The summed E-state index contributed by atoms with van der Waals surface area (Å²) in [7, 11) is 0. The zero-order chi connectivity index (χ0) is 30.5. The van der Waals surface area contributed by atoms with Crippen molar-refractivity contribution in [2.24, 2.45) is 5.92 Å². The van der Waals surface area contributed by atoms with Gasteiger partial charge in [0.15, 0.2) is 17.2 Å². The van der Waals surface area contributed by atoms with Gasteiger partial charge in [-0.1, -0.05) is 0 Å². The van der Waals surface area contributed by atoms with E-state index in [0.717, 1.165) is 6.20 Å². The SMILES string of the molecule is C[C@H](Oc1cc(-n2nc(C(F)(F)F)c3c2C(OC2CCC(C(=O)O)CC2)CCC3)ccn1)c1cc2c(cn1)OC(F)(F)O2. The molecule has 15 heteroatoms. The van der Waals surface area contributed by atoms with E-state index < -0.39 is 42.3 Å². The van der Waals surface area contributed by atoms with E-state index >= 15 is 0 Å². The molecule has 6 rings (SSSR count). The van der Waals surface area contributed by atoms with Gasteiger partial charge in [-0.3, -0.25) is 9.78 Å². The van der Waals surface area contributed by atoms with E-state index in [1.54, 1.807) is 6.92 Å². The van der Waals surface area contributed by atoms with Gasteiger partial charge in [0.05, 0.1) is 35.3 Å². The van der Waals surface area contributed by atoms with Gasteiger partial charge >= 0.3 is 18.4 Å². The zero-order valence-electron chi connectivity index (χ0n) is 22.8. The molecule has 2 aliphatic carbocycles. The van der Waals surface area contributed by atoms with E-state index in [4.69, 9.17) is 9.47 Å². The summed E-state index contributed by atoms with van der Waals surface area (Å²) in [6, 6.07) is 4.17. The fourth-order valence-corrected chi connectivity index (χ4v) is 5.81. The van der Waals surface area contributed by atoms with Crippen molar-refractivity contribution in [1.82, 2.24) is 19.7 Å². The Hall–Kier alpha value is -4.01. The van der Waals surface area contributed by atoms with Crippen LogP contribution in [-0.2, 0) is 22.1 Å². The molecular weight excluding hydrogens is 583 g/mol. The number of aromatic nitrogens is 4. The molecule has 10 nitrogen and oxygen atoms in total. The second-order valence-corrected chi connectivity index (χ2v) is 10.8. The number of carboxylic acid groups (broad SMARTS) is 1. The lowest BCUT2D eigenvalue weighted by atomic mass is 9.87. The Balaban J connectivity index is 1.27. The number of rotatable bonds is 7. The molecule has 0 bridgehead atoms. The number of alkyl halides is 5. The third-order valence-corrected chi connectivity index (χ3v) is 7.86. The molecule has 3 aromatic rings. The number of pyridine rings is 2. The maximum Gasteiger partial charge on any atom is 0.586 e. The van der Waals surface area contributed by atoms with E-state index in [0.29, 0.717) is 44.2 Å². The van der Waals surface area contributed by atoms with Crippen LogP contribution >= 0.6 is 0 Å². The van der Waals surface area contributed by atoms with Crippen LogP contribution in [0.15, 0.2) is 30.6 Å². The number of nitrogens with zero attached hydrogens (tertiary/aromatic N) is 4. The highest BCUT2D eigenvalue weighted by Crippen LogP contribution is 2.44. The van der Waals surface area contributed by atoms with Crippen LogP contribution in [0.3, 0.4) is 0 Å². The van der Waals surface area contributed by atoms with Crippen LogP contribution < -0.4 is 14.2 Å². The summed E-state index contributed by atoms with van der Waals surface area (Å²) < 4.78 is 91.4. The van der Waals surface area contributed by atoms with Gasteiger partial charge in [0, 0.05) is 23.9 Å². The van der Waals surface area contributed by atoms with Gasteiger partial charge in [-0.25, -0.2) is 9.67 Å². The summed E-state index contributed by atoms with van der Waals surface area (Å²) in [5.41, 5.74) is -0.139. The van der Waals surface area contributed by atoms with Crippen LogP contribution in [0.5, 0.6) is 17.4 Å². The van der Waals surface area contributed by atoms with Crippen LogP contribution in [0.25, 0.3) is 5.69 Å². The maximum atomic E-state index is 14.1. The van der Waals surface area contributed by atoms with E-state index in [-0.39, 0.29) is 46.8 Å². The highest BCUT2D eigenvalue weighted by molar-refractivity contribution is 5.70. The highest BCUT2D eigenvalue weighted by Gasteiger charge is 2.44. The number of halogens is 5. The molecule has 1 fully saturated rings. The number of carboxylic acids is 1. The Morgan fingerprint density at radius 1 is 1.12 bits per heavy atom. The Kier molecular flexibility index (Phi) is 7.39. The van der Waals surface area contributed by atoms with Gasteiger partial charge in [0.25, 0.3) is 0 Å². The van der Waals surface area contributed by atoms with E-state index in [9.17, 15) is 31.9 Å². The summed E-state index contributed by atoms with van der Waals surface area (Å²) in [5, 5.41) is 13.3. The standard InChI is InChI=1S/C28H27F5N4O6/c1-14(19-12-21-22(13-35-19)43-28(32,33)42-21)40-23-11-16(9-10-34-23)37-24-18(25(36-37)27(29,30)31)3-2-4-20(24)41-17-7-5-15(6-8-17)26(38)39/h9-15,17,20H,2-8H2,1H3,(H,38,39)/t14-,15?,17?,20?/m0/s1. The molecule has 1 N–H and O–H groups in total. The van der Waals surface area contributed by atoms with E-state index in [1.807, 2.05) is 0 Å². The number of hydrogen-bond donors (Lipinski definition) is 1. The topological polar surface area (TPSA) is 118 Å². The summed E-state index contributed by atoms with van der Waals surface area (Å²) in [6.45, 7) is 1.59. The first-order valence-corrected chi connectivity index (χ1v) is 13.8. The van der Waals surface area contributed by atoms with E-state index in [1.165, 1.54) is 29.1 Å². The second-order valence-electron chi connectivity index (χ2n) is 10.8. The Morgan fingerprint density at radius 2 is 1.86 bits per heavy atom. The minimum atomic E-state index is -4.69. The molecule has 3 aliphatic rings. The van der Waals surface area contributed by atoms with Crippen molar-refractivity contribution < 1.29 is 50.8 Å². The first kappa shape index (κ1) is 29.1. The van der Waals surface area contributed by atoms with Crippen molar-refractivity contribution in [3.63, 3.8) is 0 Å². The molecule has 1 aliphatic heterocycles. The molecule has 230 valence electrons. The molecule has 43 heavy (non-hydrogen) atoms. The minimum absolute atomic E-state index is 0.0351. The largest absolute Gasteiger partial charge is 0.586 e. The molecule has 0 aromatic carbocycles. The zero-order valence-corrected chi connectivity index (χ0v) is 22.8.